The summed E-state index contributed by atoms with van der Waals surface area (Å²) < 4.78 is 2.12. The summed E-state index contributed by atoms with van der Waals surface area (Å²) in [6.45, 7) is 6.59. The smallest absolute Gasteiger partial charge is 0.310 e. The number of nitrogens with zero attached hydrogens (tertiary/aromatic N) is 2. The summed E-state index contributed by atoms with van der Waals surface area (Å²) in [4.78, 5) is 15.4. The second kappa shape index (κ2) is 4.20. The van der Waals surface area contributed by atoms with E-state index in [9.17, 15) is 4.79 Å². The van der Waals surface area contributed by atoms with Crippen LogP contribution in [0.15, 0.2) is 18.2 Å². The summed E-state index contributed by atoms with van der Waals surface area (Å²) in [6.07, 6.45) is 0. The minimum atomic E-state index is -0.809. The normalized spacial score (nSPS) is 12.9. The summed E-state index contributed by atoms with van der Waals surface area (Å²) in [5.41, 5.74) is 2.73. The number of aryl methyl sites for hydroxylation is 2. The van der Waals surface area contributed by atoms with E-state index in [-0.39, 0.29) is 0 Å². The Labute approximate surface area is 99.9 Å². The quantitative estimate of drug-likeness (QED) is 0.884. The number of carboxylic acid groups (broad SMARTS) is 1. The minimum absolute atomic E-state index is 0.494. The number of aromatic nitrogens is 2. The number of hydrogen-bond donors (Lipinski definition) is 1. The fraction of sp³-hybridized carbons (Fsp3) is 0.385. The Hall–Kier alpha value is -1.84. The maximum absolute atomic E-state index is 10.9. The van der Waals surface area contributed by atoms with Gasteiger partial charge in [0.15, 0.2) is 0 Å². The van der Waals surface area contributed by atoms with E-state index in [0.717, 1.165) is 29.0 Å². The summed E-state index contributed by atoms with van der Waals surface area (Å²) >= 11 is 0. The van der Waals surface area contributed by atoms with E-state index in [0.29, 0.717) is 0 Å². The molecule has 1 N–H and O–H groups in total. The molecule has 2 aromatic rings. The zero-order chi connectivity index (χ0) is 12.6. The second-order valence-corrected chi connectivity index (χ2v) is 4.21. The standard InChI is InChI=1S/C13H16N2O2/c1-4-15-9(3)14-11-7-10(5-6-12(11)15)8(2)13(16)17/h5-8H,4H2,1-3H3,(H,16,17). The molecule has 17 heavy (non-hydrogen) atoms. The average molecular weight is 232 g/mol. The Morgan fingerprint density at radius 2 is 2.24 bits per heavy atom. The SMILES string of the molecule is CCn1c(C)nc2cc(C(C)C(=O)O)ccc21. The van der Waals surface area contributed by atoms with Gasteiger partial charge in [-0.05, 0) is 38.5 Å². The van der Waals surface area contributed by atoms with Crippen LogP contribution in [-0.4, -0.2) is 20.6 Å². The van der Waals surface area contributed by atoms with Crippen LogP contribution in [-0.2, 0) is 11.3 Å². The zero-order valence-corrected chi connectivity index (χ0v) is 10.3. The van der Waals surface area contributed by atoms with Gasteiger partial charge in [-0.3, -0.25) is 4.79 Å². The van der Waals surface area contributed by atoms with E-state index >= 15 is 0 Å². The number of hydrogen-bond acceptors (Lipinski definition) is 2. The van der Waals surface area contributed by atoms with Crippen molar-refractivity contribution >= 4 is 17.0 Å². The lowest BCUT2D eigenvalue weighted by atomic mass is 10.0. The summed E-state index contributed by atoms with van der Waals surface area (Å²) in [5, 5.41) is 8.99. The van der Waals surface area contributed by atoms with Crippen LogP contribution in [0.25, 0.3) is 11.0 Å². The van der Waals surface area contributed by atoms with Gasteiger partial charge in [0.1, 0.15) is 5.82 Å². The molecule has 1 aromatic carbocycles. The lowest BCUT2D eigenvalue weighted by Gasteiger charge is -2.06. The van der Waals surface area contributed by atoms with Gasteiger partial charge < -0.3 is 9.67 Å². The van der Waals surface area contributed by atoms with Crippen molar-refractivity contribution in [1.29, 1.82) is 0 Å². The van der Waals surface area contributed by atoms with Gasteiger partial charge in [-0.15, -0.1) is 0 Å². The number of fused-ring (bicyclic) bond motifs is 1. The third-order valence-corrected chi connectivity index (χ3v) is 3.15. The van der Waals surface area contributed by atoms with E-state index in [1.807, 2.05) is 25.1 Å². The van der Waals surface area contributed by atoms with Crippen molar-refractivity contribution in [3.05, 3.63) is 29.6 Å². The first-order valence-electron chi connectivity index (χ1n) is 5.74. The number of carbonyl (C=O) groups is 1. The molecule has 1 atom stereocenters. The van der Waals surface area contributed by atoms with Crippen molar-refractivity contribution in [3.8, 4) is 0 Å². The van der Waals surface area contributed by atoms with Gasteiger partial charge in [0.2, 0.25) is 0 Å². The van der Waals surface area contributed by atoms with Gasteiger partial charge in [0.05, 0.1) is 17.0 Å². The topological polar surface area (TPSA) is 55.1 Å². The van der Waals surface area contributed by atoms with Crippen molar-refractivity contribution < 1.29 is 9.90 Å². The molecule has 90 valence electrons. The largest absolute Gasteiger partial charge is 0.481 e. The Kier molecular flexibility index (Phi) is 2.88. The fourth-order valence-electron chi connectivity index (χ4n) is 2.08. The van der Waals surface area contributed by atoms with E-state index in [2.05, 4.69) is 16.5 Å². The zero-order valence-electron chi connectivity index (χ0n) is 10.3. The van der Waals surface area contributed by atoms with Gasteiger partial charge in [-0.2, -0.15) is 0 Å². The van der Waals surface area contributed by atoms with Crippen LogP contribution >= 0.6 is 0 Å². The van der Waals surface area contributed by atoms with Gasteiger partial charge in [0, 0.05) is 6.54 Å². The highest BCUT2D eigenvalue weighted by atomic mass is 16.4. The lowest BCUT2D eigenvalue weighted by Crippen LogP contribution is -2.07. The summed E-state index contributed by atoms with van der Waals surface area (Å²) in [5.74, 6) is -0.342. The molecule has 0 saturated heterocycles. The predicted octanol–water partition coefficient (Wildman–Crippen LogP) is 2.55. The molecule has 1 aromatic heterocycles. The third-order valence-electron chi connectivity index (χ3n) is 3.15. The summed E-state index contributed by atoms with van der Waals surface area (Å²) in [7, 11) is 0. The van der Waals surface area contributed by atoms with E-state index in [1.165, 1.54) is 0 Å². The van der Waals surface area contributed by atoms with Gasteiger partial charge in [-0.25, -0.2) is 4.98 Å². The fourth-order valence-corrected chi connectivity index (χ4v) is 2.08. The molecule has 4 nitrogen and oxygen atoms in total. The molecule has 0 aliphatic rings. The monoisotopic (exact) mass is 232 g/mol. The molecule has 1 unspecified atom stereocenters. The van der Waals surface area contributed by atoms with Crippen LogP contribution in [0.3, 0.4) is 0 Å². The third kappa shape index (κ3) is 1.90. The van der Waals surface area contributed by atoms with Crippen molar-refractivity contribution in [2.75, 3.05) is 0 Å². The second-order valence-electron chi connectivity index (χ2n) is 4.21. The molecule has 0 spiro atoms. The van der Waals surface area contributed by atoms with Crippen molar-refractivity contribution in [2.45, 2.75) is 33.2 Å². The number of benzene rings is 1. The molecule has 0 bridgehead atoms. The van der Waals surface area contributed by atoms with E-state index < -0.39 is 11.9 Å². The van der Waals surface area contributed by atoms with E-state index in [1.54, 1.807) is 6.92 Å². The van der Waals surface area contributed by atoms with Crippen LogP contribution in [0.4, 0.5) is 0 Å². The first-order valence-corrected chi connectivity index (χ1v) is 5.74. The molecule has 0 aliphatic heterocycles. The number of aliphatic carboxylic acids is 1. The average Bonchev–Trinajstić information content (AvgIpc) is 2.61. The highest BCUT2D eigenvalue weighted by Crippen LogP contribution is 2.22. The molecule has 0 radical (unpaired) electrons. The molecule has 4 heteroatoms. The van der Waals surface area contributed by atoms with Gasteiger partial charge >= 0.3 is 5.97 Å². The molecule has 0 aliphatic carbocycles. The Bertz CT molecular complexity index is 572. The first-order chi connectivity index (χ1) is 8.04. The van der Waals surface area contributed by atoms with Crippen LogP contribution in [0.2, 0.25) is 0 Å². The number of rotatable bonds is 3. The molecule has 0 amide bonds. The van der Waals surface area contributed by atoms with Gasteiger partial charge in [0.25, 0.3) is 0 Å². The number of imidazole rings is 1. The van der Waals surface area contributed by atoms with E-state index in [4.69, 9.17) is 5.11 Å². The maximum atomic E-state index is 10.9. The van der Waals surface area contributed by atoms with Crippen molar-refractivity contribution in [2.24, 2.45) is 0 Å². The Morgan fingerprint density at radius 3 is 2.82 bits per heavy atom. The van der Waals surface area contributed by atoms with Gasteiger partial charge in [-0.1, -0.05) is 6.07 Å². The molecular formula is C13H16N2O2. The highest BCUT2D eigenvalue weighted by Gasteiger charge is 2.15. The predicted molar refractivity (Wildman–Crippen MR) is 66.2 cm³/mol. The number of carboxylic acids is 1. The first kappa shape index (κ1) is 11.6. The van der Waals surface area contributed by atoms with Crippen LogP contribution in [0.5, 0.6) is 0 Å². The van der Waals surface area contributed by atoms with Crippen LogP contribution in [0.1, 0.15) is 31.2 Å². The van der Waals surface area contributed by atoms with Crippen molar-refractivity contribution in [3.63, 3.8) is 0 Å². The molecule has 2 rings (SSSR count). The Morgan fingerprint density at radius 1 is 1.53 bits per heavy atom. The highest BCUT2D eigenvalue weighted by molar-refractivity contribution is 5.81. The summed E-state index contributed by atoms with van der Waals surface area (Å²) in [6, 6.07) is 5.69. The molecular weight excluding hydrogens is 216 g/mol. The minimum Gasteiger partial charge on any atom is -0.481 e. The molecule has 1 heterocycles. The molecule has 0 fully saturated rings. The molecule has 0 saturated carbocycles. The van der Waals surface area contributed by atoms with Crippen LogP contribution < -0.4 is 0 Å². The van der Waals surface area contributed by atoms with Crippen molar-refractivity contribution in [1.82, 2.24) is 9.55 Å². The maximum Gasteiger partial charge on any atom is 0.310 e. The Balaban J connectivity index is 2.56. The lowest BCUT2D eigenvalue weighted by molar-refractivity contribution is -0.138. The van der Waals surface area contributed by atoms with Crippen LogP contribution in [0, 0.1) is 6.92 Å².